The maximum Gasteiger partial charge on any atom is 0.201 e. The largest absolute Gasteiger partial charge is 0.504 e. The molecule has 21 aliphatic rings. The molecule has 22 heterocycles. The maximum atomic E-state index is 12.0. The lowest BCUT2D eigenvalue weighted by Gasteiger charge is -2.50. The summed E-state index contributed by atoms with van der Waals surface area (Å²) in [7, 11) is 0. The Labute approximate surface area is 540 Å². The second kappa shape index (κ2) is 31.8. The van der Waals surface area contributed by atoms with Crippen molar-refractivity contribution < 1.29 is 188 Å². The van der Waals surface area contributed by atoms with Gasteiger partial charge in [0, 0.05) is 11.6 Å². The van der Waals surface area contributed by atoms with Gasteiger partial charge < -0.3 is 188 Å². The molecule has 0 aliphatic carbocycles. The van der Waals surface area contributed by atoms with Gasteiger partial charge in [0.2, 0.25) is 5.75 Å². The molecule has 39 heteroatoms. The number of aliphatic hydroxyl groups excluding tert-OH is 21. The van der Waals surface area contributed by atoms with Crippen LogP contribution in [0.25, 0.3) is 22.3 Å². The van der Waals surface area contributed by atoms with E-state index in [4.69, 9.17) is 70.7 Å². The molecular formula is C57H80O39. The van der Waals surface area contributed by atoms with Crippen LogP contribution < -0.4 is 5.43 Å². The molecule has 0 unspecified atom stereocenters. The van der Waals surface area contributed by atoms with Crippen molar-refractivity contribution in [1.82, 2.24) is 0 Å². The van der Waals surface area contributed by atoms with Gasteiger partial charge in [-0.2, -0.15) is 0 Å². The first-order valence-corrected chi connectivity index (χ1v) is 30.3. The Morgan fingerprint density at radius 1 is 0.292 bits per heavy atom. The summed E-state index contributed by atoms with van der Waals surface area (Å²) in [5.41, 5.74) is 0.450. The first-order chi connectivity index (χ1) is 45.8. The molecule has 21 saturated heterocycles. The molecule has 23 N–H and O–H groups in total. The summed E-state index contributed by atoms with van der Waals surface area (Å²) in [5, 5.41) is 250. The van der Waals surface area contributed by atoms with Crippen molar-refractivity contribution in [2.24, 2.45) is 0 Å². The molecule has 0 amide bonds. The van der Waals surface area contributed by atoms with Gasteiger partial charge in [-0.1, -0.05) is 30.3 Å². The van der Waals surface area contributed by atoms with E-state index < -0.39 is 267 Å². The molecule has 0 spiro atoms. The van der Waals surface area contributed by atoms with Gasteiger partial charge in [-0.15, -0.1) is 0 Å². The average Bonchev–Trinajstić information content (AvgIpc) is 0.783. The summed E-state index contributed by atoms with van der Waals surface area (Å²) in [4.78, 5) is 12.0. The highest BCUT2D eigenvalue weighted by Crippen LogP contribution is 2.40. The lowest BCUT2D eigenvalue weighted by molar-refractivity contribution is -0.396. The summed E-state index contributed by atoms with van der Waals surface area (Å²) in [6.07, 6.45) is -70.2. The quantitative estimate of drug-likeness (QED) is 0.0931. The van der Waals surface area contributed by atoms with Crippen molar-refractivity contribution in [3.05, 3.63) is 58.8 Å². The lowest BCUT2D eigenvalue weighted by atomic mass is 9.95. The average molecular weight is 1390 g/mol. The molecule has 3 aromatic rings. The standard InChI is InChI=1S/C42H70O35.C15H10O4/c43-1-8-29-15(50)22(57)36(64-8)72-30-9(2-44)66-38(24(59)17(30)52)74-32-11(4-46)68-40(26(61)19(32)54)76-34-13(6-48)70-42(28(63)21(34)56)77-35-14(7-49)69-41(27(62)20(35)55)75-33-12(5-47)67-39(25(60)18(33)53)73-31-10(3-45)65-37(71-29)23(58)16(31)51;16-11-7-6-10-12(17)8-13(19-15(10)14(11)18)9-4-2-1-3-5-9/h8-63H,1-7H2;1-8,16,18H/t8-,9-,10-,11-,12-,13-,14-,15-,16-,17-,18-,19-,20-,21-,22-,23-,24-,25-,26-,27-,28-,29-,30-,31-,32-,33-,34-,35-,36-,37-,38-,39-,40-,41-,42-;/m1./s1. The first-order valence-electron chi connectivity index (χ1n) is 30.3. The van der Waals surface area contributed by atoms with Crippen LogP contribution in [-0.2, 0) is 66.3 Å². The number of rotatable bonds is 8. The van der Waals surface area contributed by atoms with E-state index in [0.29, 0.717) is 5.76 Å². The van der Waals surface area contributed by atoms with Crippen LogP contribution in [0.2, 0.25) is 0 Å². The van der Waals surface area contributed by atoms with E-state index in [1.54, 1.807) is 12.1 Å². The van der Waals surface area contributed by atoms with E-state index in [0.717, 1.165) is 5.56 Å². The van der Waals surface area contributed by atoms with Gasteiger partial charge in [0.05, 0.1) is 51.6 Å². The molecule has 21 fully saturated rings. The summed E-state index contributed by atoms with van der Waals surface area (Å²) in [5.74, 6) is -0.396. The normalized spacial score (nSPS) is 46.5. The zero-order chi connectivity index (χ0) is 69.5. The van der Waals surface area contributed by atoms with Crippen molar-refractivity contribution >= 4 is 11.0 Å². The third kappa shape index (κ3) is 14.8. The van der Waals surface area contributed by atoms with E-state index in [-0.39, 0.29) is 22.1 Å². The molecule has 39 nitrogen and oxygen atoms in total. The fourth-order valence-electron chi connectivity index (χ4n) is 12.4. The number of aliphatic hydroxyl groups is 21. The number of phenolic OH excluding ortho intramolecular Hbond substituents is 2. The van der Waals surface area contributed by atoms with Crippen molar-refractivity contribution in [3.8, 4) is 22.8 Å². The zero-order valence-corrected chi connectivity index (χ0v) is 50.1. The molecule has 542 valence electrons. The molecule has 24 rings (SSSR count). The summed E-state index contributed by atoms with van der Waals surface area (Å²) < 4.78 is 85.0. The van der Waals surface area contributed by atoms with Gasteiger partial charge in [0.25, 0.3) is 0 Å². The molecule has 2 aromatic carbocycles. The Morgan fingerprint density at radius 3 is 0.740 bits per heavy atom. The third-order valence-corrected chi connectivity index (χ3v) is 17.7. The van der Waals surface area contributed by atoms with Crippen molar-refractivity contribution in [1.29, 1.82) is 0 Å². The predicted octanol–water partition coefficient (Wildman–Crippen LogP) is -12.4. The topological polar surface area (TPSA) is 625 Å². The number of fused-ring (bicyclic) bond motifs is 1. The zero-order valence-electron chi connectivity index (χ0n) is 50.1. The second-order valence-corrected chi connectivity index (χ2v) is 23.8. The molecular weight excluding hydrogens is 1310 g/mol. The van der Waals surface area contributed by atoms with Crippen LogP contribution in [-0.4, -0.2) is 379 Å². The summed E-state index contributed by atoms with van der Waals surface area (Å²) in [6, 6.07) is 13.1. The van der Waals surface area contributed by atoms with Gasteiger partial charge >= 0.3 is 0 Å². The Hall–Kier alpha value is -4.15. The first kappa shape index (κ1) is 74.5. The number of hydrogen-bond acceptors (Lipinski definition) is 39. The van der Waals surface area contributed by atoms with Gasteiger partial charge in [-0.3, -0.25) is 4.79 Å². The number of phenols is 2. The van der Waals surface area contributed by atoms with Crippen LogP contribution in [0.5, 0.6) is 11.5 Å². The monoisotopic (exact) mass is 1390 g/mol. The maximum absolute atomic E-state index is 12.0. The van der Waals surface area contributed by atoms with Crippen LogP contribution in [0.4, 0.5) is 0 Å². The SMILES string of the molecule is O=c1cc(-c2ccccc2)oc2c(O)c(O)ccc12.OC[C@H]1O[C@@H]2O[C@H]3[C@H](O)[C@@H](O)[C@@H](O[C@H]4[C@H](O)[C@@H](O)[C@@H](O[C@H]5[C@H](O)[C@@H](O)[C@@H](O[C@H]6[C@H](O)[C@@H](O)[C@@H](O[C@H]7[C@H](O)[C@@H](O)[C@@H](O[C@H]8[C@H](O)[C@@H](O)[C@@H](O[C@H]1[C@H](O)[C@H]2O)O[C@@H]8CO)O[C@@H]7CO)O[C@@H]6CO)O[C@@H]5CO)O[C@@H]4CO)O[C@@H]3CO. The van der Waals surface area contributed by atoms with E-state index in [1.165, 1.54) is 18.2 Å². The minimum Gasteiger partial charge on any atom is -0.504 e. The highest BCUT2D eigenvalue weighted by Gasteiger charge is 2.59. The van der Waals surface area contributed by atoms with Crippen molar-refractivity contribution in [2.75, 3.05) is 46.2 Å². The van der Waals surface area contributed by atoms with Gasteiger partial charge in [0.15, 0.2) is 60.8 Å². The Kier molecular flexibility index (Phi) is 24.7. The molecule has 21 aliphatic heterocycles. The molecule has 0 radical (unpaired) electrons. The molecule has 96 heavy (non-hydrogen) atoms. The van der Waals surface area contributed by atoms with Gasteiger partial charge in [-0.25, -0.2) is 0 Å². The molecule has 14 bridgehead atoms. The van der Waals surface area contributed by atoms with E-state index in [2.05, 4.69) is 0 Å². The van der Waals surface area contributed by atoms with Crippen LogP contribution in [0, 0.1) is 0 Å². The van der Waals surface area contributed by atoms with Gasteiger partial charge in [0.1, 0.15) is 177 Å². The van der Waals surface area contributed by atoms with Crippen molar-refractivity contribution in [3.63, 3.8) is 0 Å². The van der Waals surface area contributed by atoms with Crippen LogP contribution >= 0.6 is 0 Å². The lowest BCUT2D eigenvalue weighted by Crippen LogP contribution is -2.68. The molecule has 35 atom stereocenters. The highest BCUT2D eigenvalue weighted by molar-refractivity contribution is 5.86. The van der Waals surface area contributed by atoms with Crippen LogP contribution in [0.15, 0.2) is 57.7 Å². The van der Waals surface area contributed by atoms with Crippen LogP contribution in [0.3, 0.4) is 0 Å². The number of hydrogen-bond donors (Lipinski definition) is 23. The minimum absolute atomic E-state index is 0.00801. The Bertz CT molecular complexity index is 2640. The van der Waals surface area contributed by atoms with Crippen molar-refractivity contribution in [2.45, 2.75) is 215 Å². The fourth-order valence-corrected chi connectivity index (χ4v) is 12.4. The molecule has 0 saturated carbocycles. The predicted molar refractivity (Wildman–Crippen MR) is 300 cm³/mol. The third-order valence-electron chi connectivity index (χ3n) is 17.7. The van der Waals surface area contributed by atoms with Gasteiger partial charge in [-0.05, 0) is 12.1 Å². The van der Waals surface area contributed by atoms with E-state index in [1.807, 2.05) is 18.2 Å². The number of ether oxygens (including phenoxy) is 14. The minimum atomic E-state index is -2.21. The summed E-state index contributed by atoms with van der Waals surface area (Å²) >= 11 is 0. The Morgan fingerprint density at radius 2 is 0.521 bits per heavy atom. The Balaban J connectivity index is 0.000000448. The fraction of sp³-hybridized carbons (Fsp3) is 0.737. The number of aromatic hydroxyl groups is 2. The molecule has 1 aromatic heterocycles. The van der Waals surface area contributed by atoms with E-state index in [9.17, 15) is 122 Å². The smallest absolute Gasteiger partial charge is 0.201 e. The number of benzene rings is 2. The van der Waals surface area contributed by atoms with Crippen LogP contribution in [0.1, 0.15) is 0 Å². The second-order valence-electron chi connectivity index (χ2n) is 23.8. The highest BCUT2D eigenvalue weighted by atomic mass is 16.8. The van der Waals surface area contributed by atoms with E-state index >= 15 is 0 Å². The summed E-state index contributed by atoms with van der Waals surface area (Å²) in [6.45, 7) is -7.33.